The Morgan fingerprint density at radius 2 is 1.78 bits per heavy atom. The van der Waals surface area contributed by atoms with E-state index in [2.05, 4.69) is 0 Å². The van der Waals surface area contributed by atoms with Gasteiger partial charge in [-0.15, -0.1) is 11.6 Å². The number of rotatable bonds is 5. The summed E-state index contributed by atoms with van der Waals surface area (Å²) in [6.07, 6.45) is 8.22. The van der Waals surface area contributed by atoms with Crippen LogP contribution in [0.5, 0.6) is 0 Å². The van der Waals surface area contributed by atoms with Crippen LogP contribution in [0, 0.1) is 0 Å². The van der Waals surface area contributed by atoms with Crippen LogP contribution >= 0.6 is 11.6 Å². The van der Waals surface area contributed by atoms with Crippen molar-refractivity contribution >= 4 is 11.6 Å². The zero-order chi connectivity index (χ0) is 12.8. The molecule has 0 spiro atoms. The molecule has 4 heteroatoms. The molecular weight excluding hydrogens is 250 g/mol. The molecule has 0 aromatic carbocycles. The minimum absolute atomic E-state index is 0.299. The van der Waals surface area contributed by atoms with E-state index in [9.17, 15) is 5.11 Å². The van der Waals surface area contributed by atoms with Gasteiger partial charge >= 0.3 is 0 Å². The molecule has 1 heterocycles. The smallest absolute Gasteiger partial charge is 0.126 e. The van der Waals surface area contributed by atoms with E-state index in [1.165, 1.54) is 32.4 Å². The van der Waals surface area contributed by atoms with Gasteiger partial charge in [0, 0.05) is 5.38 Å². The number of nitrogens with one attached hydrogen (secondary N) is 1. The van der Waals surface area contributed by atoms with Gasteiger partial charge in [0.05, 0.1) is 25.8 Å². The minimum atomic E-state index is -0.299. The quantitative estimate of drug-likeness (QED) is 0.734. The second-order valence-electron chi connectivity index (χ2n) is 5.88. The van der Waals surface area contributed by atoms with Crippen LogP contribution in [0.15, 0.2) is 0 Å². The number of likely N-dealkylation sites (tertiary alicyclic amines) is 1. The van der Waals surface area contributed by atoms with Gasteiger partial charge in [-0.2, -0.15) is 0 Å². The second-order valence-corrected chi connectivity index (χ2v) is 6.49. The lowest BCUT2D eigenvalue weighted by Crippen LogP contribution is -3.14. The monoisotopic (exact) mass is 276 g/mol. The second kappa shape index (κ2) is 7.68. The van der Waals surface area contributed by atoms with Crippen molar-refractivity contribution in [2.24, 2.45) is 0 Å². The fraction of sp³-hybridized carbons (Fsp3) is 1.00. The summed E-state index contributed by atoms with van der Waals surface area (Å²) >= 11 is 6.07. The normalized spacial score (nSPS) is 32.3. The molecule has 2 fully saturated rings. The lowest BCUT2D eigenvalue weighted by molar-refractivity contribution is -0.908. The number of ether oxygens (including phenoxy) is 1. The number of aliphatic hydroxyl groups is 1. The van der Waals surface area contributed by atoms with Gasteiger partial charge in [-0.25, -0.2) is 0 Å². The van der Waals surface area contributed by atoms with Crippen molar-refractivity contribution in [3.05, 3.63) is 0 Å². The van der Waals surface area contributed by atoms with E-state index in [4.69, 9.17) is 16.3 Å². The van der Waals surface area contributed by atoms with Crippen LogP contribution in [0.1, 0.15) is 44.9 Å². The van der Waals surface area contributed by atoms with Crippen molar-refractivity contribution in [2.75, 3.05) is 26.2 Å². The van der Waals surface area contributed by atoms with E-state index in [1.54, 1.807) is 4.90 Å². The highest BCUT2D eigenvalue weighted by molar-refractivity contribution is 6.20. The topological polar surface area (TPSA) is 33.9 Å². The van der Waals surface area contributed by atoms with E-state index >= 15 is 0 Å². The van der Waals surface area contributed by atoms with Gasteiger partial charge in [-0.3, -0.25) is 0 Å². The molecular formula is C14H27ClNO2+. The molecule has 0 amide bonds. The van der Waals surface area contributed by atoms with E-state index in [1.807, 2.05) is 0 Å². The summed E-state index contributed by atoms with van der Waals surface area (Å²) in [7, 11) is 0. The average molecular weight is 277 g/mol. The molecule has 1 aliphatic heterocycles. The standard InChI is InChI=1S/C14H26ClNO2/c15-12-4-6-14(7-5-12)18-11-13(17)10-16-8-2-1-3-9-16/h12-14,17H,1-11H2/p+1/t12?,13-,14?/m1/s1. The predicted molar refractivity (Wildman–Crippen MR) is 73.3 cm³/mol. The first-order valence-electron chi connectivity index (χ1n) is 7.51. The molecule has 0 aromatic heterocycles. The Labute approximate surface area is 115 Å². The van der Waals surface area contributed by atoms with Crippen LogP contribution < -0.4 is 4.90 Å². The van der Waals surface area contributed by atoms with Gasteiger partial charge < -0.3 is 14.7 Å². The Kier molecular flexibility index (Phi) is 6.22. The molecule has 2 rings (SSSR count). The van der Waals surface area contributed by atoms with E-state index in [0.717, 1.165) is 32.2 Å². The van der Waals surface area contributed by atoms with Gasteiger partial charge in [0.1, 0.15) is 12.6 Å². The first-order valence-corrected chi connectivity index (χ1v) is 7.95. The van der Waals surface area contributed by atoms with Crippen LogP contribution in [0.4, 0.5) is 0 Å². The maximum absolute atomic E-state index is 10.0. The molecule has 2 N–H and O–H groups in total. The first kappa shape index (κ1) is 14.6. The number of alkyl halides is 1. The summed E-state index contributed by atoms with van der Waals surface area (Å²) in [5.41, 5.74) is 0. The molecule has 1 saturated carbocycles. The molecule has 106 valence electrons. The molecule has 1 saturated heterocycles. The largest absolute Gasteiger partial charge is 0.385 e. The highest BCUT2D eigenvalue weighted by atomic mass is 35.5. The third kappa shape index (κ3) is 5.04. The zero-order valence-corrected chi connectivity index (χ0v) is 12.0. The molecule has 0 radical (unpaired) electrons. The molecule has 0 unspecified atom stereocenters. The summed E-state index contributed by atoms with van der Waals surface area (Å²) in [6.45, 7) is 3.79. The summed E-state index contributed by atoms with van der Waals surface area (Å²) in [5.74, 6) is 0. The molecule has 2 aliphatic rings. The lowest BCUT2D eigenvalue weighted by Gasteiger charge is -2.28. The maximum atomic E-state index is 10.0. The van der Waals surface area contributed by atoms with Crippen molar-refractivity contribution in [3.8, 4) is 0 Å². The summed E-state index contributed by atoms with van der Waals surface area (Å²) in [4.78, 5) is 1.54. The Bertz CT molecular complexity index is 226. The molecule has 18 heavy (non-hydrogen) atoms. The fourth-order valence-electron chi connectivity index (χ4n) is 3.08. The number of piperidine rings is 1. The van der Waals surface area contributed by atoms with Crippen molar-refractivity contribution in [1.82, 2.24) is 0 Å². The maximum Gasteiger partial charge on any atom is 0.126 e. The van der Waals surface area contributed by atoms with Crippen molar-refractivity contribution in [1.29, 1.82) is 0 Å². The highest BCUT2D eigenvalue weighted by Crippen LogP contribution is 2.24. The Morgan fingerprint density at radius 3 is 2.44 bits per heavy atom. The van der Waals surface area contributed by atoms with Crippen LogP contribution in [0.25, 0.3) is 0 Å². The van der Waals surface area contributed by atoms with Crippen molar-refractivity contribution < 1.29 is 14.7 Å². The number of hydrogen-bond donors (Lipinski definition) is 2. The van der Waals surface area contributed by atoms with Crippen LogP contribution in [-0.2, 0) is 4.74 Å². The van der Waals surface area contributed by atoms with Gasteiger partial charge in [-0.1, -0.05) is 0 Å². The number of halogens is 1. The molecule has 1 aliphatic carbocycles. The van der Waals surface area contributed by atoms with Gasteiger partial charge in [-0.05, 0) is 44.9 Å². The van der Waals surface area contributed by atoms with Gasteiger partial charge in [0.2, 0.25) is 0 Å². The molecule has 1 atom stereocenters. The van der Waals surface area contributed by atoms with Crippen molar-refractivity contribution in [3.63, 3.8) is 0 Å². The SMILES string of the molecule is O[C@@H](COC1CCC(Cl)CC1)C[NH+]1CCCCC1. The molecule has 0 aromatic rings. The number of hydrogen-bond acceptors (Lipinski definition) is 2. The first-order chi connectivity index (χ1) is 8.74. The minimum Gasteiger partial charge on any atom is -0.385 e. The summed E-state index contributed by atoms with van der Waals surface area (Å²) in [6, 6.07) is 0. The number of aliphatic hydroxyl groups excluding tert-OH is 1. The fourth-order valence-corrected chi connectivity index (χ4v) is 3.34. The van der Waals surface area contributed by atoms with Crippen LogP contribution in [0.3, 0.4) is 0 Å². The van der Waals surface area contributed by atoms with Crippen LogP contribution in [0.2, 0.25) is 0 Å². The lowest BCUT2D eigenvalue weighted by atomic mass is 9.97. The van der Waals surface area contributed by atoms with Crippen molar-refractivity contribution in [2.45, 2.75) is 62.5 Å². The molecule has 0 bridgehead atoms. The Balaban J connectivity index is 1.57. The third-order valence-corrected chi connectivity index (χ3v) is 4.65. The summed E-state index contributed by atoms with van der Waals surface area (Å²) < 4.78 is 5.81. The van der Waals surface area contributed by atoms with Gasteiger partial charge in [0.15, 0.2) is 0 Å². The zero-order valence-electron chi connectivity index (χ0n) is 11.2. The predicted octanol–water partition coefficient (Wildman–Crippen LogP) is 0.983. The average Bonchev–Trinajstić information content (AvgIpc) is 2.39. The third-order valence-electron chi connectivity index (χ3n) is 4.21. The molecule has 3 nitrogen and oxygen atoms in total. The number of quaternary nitrogens is 1. The highest BCUT2D eigenvalue weighted by Gasteiger charge is 2.22. The van der Waals surface area contributed by atoms with Gasteiger partial charge in [0.25, 0.3) is 0 Å². The van der Waals surface area contributed by atoms with E-state index in [-0.39, 0.29) is 6.10 Å². The van der Waals surface area contributed by atoms with Crippen LogP contribution in [-0.4, -0.2) is 48.9 Å². The summed E-state index contributed by atoms with van der Waals surface area (Å²) in [5, 5.41) is 10.4. The Hall–Kier alpha value is 0.170. The van der Waals surface area contributed by atoms with E-state index < -0.39 is 0 Å². The van der Waals surface area contributed by atoms with E-state index in [0.29, 0.717) is 18.1 Å². The Morgan fingerprint density at radius 1 is 1.11 bits per heavy atom.